The predicted octanol–water partition coefficient (Wildman–Crippen LogP) is 4.70. The van der Waals surface area contributed by atoms with Gasteiger partial charge < -0.3 is 0 Å². The van der Waals surface area contributed by atoms with Crippen LogP contribution >= 0.6 is 0 Å². The Morgan fingerprint density at radius 2 is 1.35 bits per heavy atom. The standard InChI is InChI=1S/C17H19/c1-11-9-14(4)17(15(5)10-11)16-12(2)7-6-8-13(16)3/h6-7,9-10H,1-5H3. The molecule has 0 aliphatic carbocycles. The second-order valence-electron chi connectivity index (χ2n) is 4.93. The van der Waals surface area contributed by atoms with Gasteiger partial charge in [-0.2, -0.15) is 0 Å². The van der Waals surface area contributed by atoms with Crippen LogP contribution in [0.3, 0.4) is 0 Å². The van der Waals surface area contributed by atoms with E-state index in [1.165, 1.54) is 38.9 Å². The SMILES string of the molecule is Cc1cc(C)c(-c2c(C)[c]ccc2C)c(C)c1. The van der Waals surface area contributed by atoms with E-state index in [0.717, 1.165) is 0 Å². The zero-order chi connectivity index (χ0) is 12.6. The maximum atomic E-state index is 3.31. The first-order valence-electron chi connectivity index (χ1n) is 6.07. The second kappa shape index (κ2) is 4.37. The van der Waals surface area contributed by atoms with E-state index in [1.807, 2.05) is 6.07 Å². The van der Waals surface area contributed by atoms with Gasteiger partial charge in [0.05, 0.1) is 0 Å². The van der Waals surface area contributed by atoms with Crippen LogP contribution in [0, 0.1) is 40.7 Å². The van der Waals surface area contributed by atoms with Gasteiger partial charge in [0.1, 0.15) is 0 Å². The minimum absolute atomic E-state index is 1.24. The first-order valence-corrected chi connectivity index (χ1v) is 6.07. The monoisotopic (exact) mass is 223 g/mol. The van der Waals surface area contributed by atoms with E-state index in [0.29, 0.717) is 0 Å². The predicted molar refractivity (Wildman–Crippen MR) is 74.4 cm³/mol. The van der Waals surface area contributed by atoms with Gasteiger partial charge in [0.25, 0.3) is 0 Å². The highest BCUT2D eigenvalue weighted by molar-refractivity contribution is 5.76. The molecule has 87 valence electrons. The number of hydrogen-bond acceptors (Lipinski definition) is 0. The quantitative estimate of drug-likeness (QED) is 0.657. The fourth-order valence-electron chi connectivity index (χ4n) is 2.70. The summed E-state index contributed by atoms with van der Waals surface area (Å²) in [6.45, 7) is 10.9. The fourth-order valence-corrected chi connectivity index (χ4v) is 2.70. The summed E-state index contributed by atoms with van der Waals surface area (Å²) in [4.78, 5) is 0. The topological polar surface area (TPSA) is 0 Å². The first-order chi connectivity index (χ1) is 8.00. The van der Waals surface area contributed by atoms with Crippen molar-refractivity contribution in [2.24, 2.45) is 0 Å². The highest BCUT2D eigenvalue weighted by atomic mass is 14.1. The molecule has 17 heavy (non-hydrogen) atoms. The molecule has 0 bridgehead atoms. The summed E-state index contributed by atoms with van der Waals surface area (Å²) in [5.41, 5.74) is 9.34. The molecule has 0 heteroatoms. The molecule has 0 nitrogen and oxygen atoms in total. The van der Waals surface area contributed by atoms with Gasteiger partial charge in [-0.05, 0) is 74.1 Å². The van der Waals surface area contributed by atoms with Crippen molar-refractivity contribution in [1.82, 2.24) is 0 Å². The molecule has 0 aromatic heterocycles. The Bertz CT molecular complexity index is 519. The lowest BCUT2D eigenvalue weighted by Gasteiger charge is -2.16. The lowest BCUT2D eigenvalue weighted by atomic mass is 9.88. The summed E-state index contributed by atoms with van der Waals surface area (Å²) in [6.07, 6.45) is 0. The molecule has 0 heterocycles. The highest BCUT2D eigenvalue weighted by Gasteiger charge is 2.11. The van der Waals surface area contributed by atoms with Gasteiger partial charge in [-0.1, -0.05) is 29.8 Å². The second-order valence-corrected chi connectivity index (χ2v) is 4.93. The van der Waals surface area contributed by atoms with Crippen LogP contribution in [0.2, 0.25) is 0 Å². The summed E-state index contributed by atoms with van der Waals surface area (Å²) in [5, 5.41) is 0. The molecule has 2 aromatic carbocycles. The maximum Gasteiger partial charge on any atom is -0.0114 e. The van der Waals surface area contributed by atoms with Crippen LogP contribution in [-0.2, 0) is 0 Å². The van der Waals surface area contributed by atoms with Crippen molar-refractivity contribution >= 4 is 0 Å². The van der Waals surface area contributed by atoms with E-state index in [1.54, 1.807) is 0 Å². The Balaban J connectivity index is 2.77. The van der Waals surface area contributed by atoms with Crippen LogP contribution in [0.5, 0.6) is 0 Å². The molecule has 0 aliphatic heterocycles. The Kier molecular flexibility index (Phi) is 3.06. The smallest absolute Gasteiger partial charge is 0.0114 e. The van der Waals surface area contributed by atoms with Gasteiger partial charge in [0.2, 0.25) is 0 Å². The van der Waals surface area contributed by atoms with Crippen molar-refractivity contribution < 1.29 is 0 Å². The lowest BCUT2D eigenvalue weighted by Crippen LogP contribution is -1.95. The number of hydrogen-bond donors (Lipinski definition) is 0. The van der Waals surface area contributed by atoms with Gasteiger partial charge in [-0.3, -0.25) is 0 Å². The van der Waals surface area contributed by atoms with Gasteiger partial charge in [0.15, 0.2) is 0 Å². The zero-order valence-corrected chi connectivity index (χ0v) is 11.3. The third-order valence-electron chi connectivity index (χ3n) is 3.33. The molecule has 1 radical (unpaired) electrons. The maximum absolute atomic E-state index is 3.31. The number of rotatable bonds is 1. The van der Waals surface area contributed by atoms with Gasteiger partial charge in [-0.25, -0.2) is 0 Å². The molecular weight excluding hydrogens is 204 g/mol. The molecule has 2 rings (SSSR count). The fraction of sp³-hybridized carbons (Fsp3) is 0.294. The van der Waals surface area contributed by atoms with Crippen LogP contribution < -0.4 is 0 Å². The molecule has 0 atom stereocenters. The van der Waals surface area contributed by atoms with Crippen molar-refractivity contribution in [2.45, 2.75) is 34.6 Å². The molecule has 0 saturated carbocycles. The number of benzene rings is 2. The van der Waals surface area contributed by atoms with Gasteiger partial charge in [0, 0.05) is 0 Å². The summed E-state index contributed by atoms with van der Waals surface area (Å²) in [7, 11) is 0. The Morgan fingerprint density at radius 3 is 1.88 bits per heavy atom. The van der Waals surface area contributed by atoms with Crippen LogP contribution in [-0.4, -0.2) is 0 Å². The third-order valence-corrected chi connectivity index (χ3v) is 3.33. The van der Waals surface area contributed by atoms with Crippen molar-refractivity contribution in [2.75, 3.05) is 0 Å². The normalized spacial score (nSPS) is 10.6. The first kappa shape index (κ1) is 11.9. The van der Waals surface area contributed by atoms with Crippen molar-refractivity contribution in [3.8, 4) is 11.1 Å². The van der Waals surface area contributed by atoms with E-state index in [9.17, 15) is 0 Å². The molecule has 0 spiro atoms. The highest BCUT2D eigenvalue weighted by Crippen LogP contribution is 2.32. The Labute approximate surface area is 104 Å². The Morgan fingerprint density at radius 1 is 0.765 bits per heavy atom. The summed E-state index contributed by atoms with van der Waals surface area (Å²) in [6, 6.07) is 12.0. The average molecular weight is 223 g/mol. The Hall–Kier alpha value is -1.56. The minimum atomic E-state index is 1.24. The van der Waals surface area contributed by atoms with Crippen molar-refractivity contribution in [1.29, 1.82) is 0 Å². The molecule has 0 amide bonds. The molecule has 0 unspecified atom stereocenters. The van der Waals surface area contributed by atoms with Crippen LogP contribution in [0.4, 0.5) is 0 Å². The lowest BCUT2D eigenvalue weighted by molar-refractivity contribution is 1.29. The van der Waals surface area contributed by atoms with E-state index in [-0.39, 0.29) is 0 Å². The van der Waals surface area contributed by atoms with Crippen molar-refractivity contribution in [3.05, 3.63) is 58.1 Å². The molecule has 0 aliphatic rings. The van der Waals surface area contributed by atoms with Crippen molar-refractivity contribution in [3.63, 3.8) is 0 Å². The largest absolute Gasteiger partial charge is 0.0581 e. The molecule has 0 N–H and O–H groups in total. The average Bonchev–Trinajstić information content (AvgIpc) is 2.21. The van der Waals surface area contributed by atoms with E-state index >= 15 is 0 Å². The molecule has 0 saturated heterocycles. The summed E-state index contributed by atoms with van der Waals surface area (Å²) in [5.74, 6) is 0. The van der Waals surface area contributed by atoms with Crippen LogP contribution in [0.25, 0.3) is 11.1 Å². The van der Waals surface area contributed by atoms with Crippen LogP contribution in [0.1, 0.15) is 27.8 Å². The van der Waals surface area contributed by atoms with E-state index in [2.05, 4.69) is 58.9 Å². The van der Waals surface area contributed by atoms with E-state index in [4.69, 9.17) is 0 Å². The van der Waals surface area contributed by atoms with Gasteiger partial charge >= 0.3 is 0 Å². The molecular formula is C17H19. The van der Waals surface area contributed by atoms with Crippen LogP contribution in [0.15, 0.2) is 24.3 Å². The third kappa shape index (κ3) is 2.12. The molecule has 0 fully saturated rings. The van der Waals surface area contributed by atoms with E-state index < -0.39 is 0 Å². The zero-order valence-electron chi connectivity index (χ0n) is 11.3. The van der Waals surface area contributed by atoms with Gasteiger partial charge in [-0.15, -0.1) is 0 Å². The summed E-state index contributed by atoms with van der Waals surface area (Å²) >= 11 is 0. The minimum Gasteiger partial charge on any atom is -0.0581 e. The molecule has 2 aromatic rings. The number of aryl methyl sites for hydroxylation is 5. The summed E-state index contributed by atoms with van der Waals surface area (Å²) < 4.78 is 0.